The van der Waals surface area contributed by atoms with E-state index in [2.05, 4.69) is 10.2 Å². The van der Waals surface area contributed by atoms with Crippen molar-refractivity contribution < 1.29 is 18.7 Å². The first kappa shape index (κ1) is 22.4. The van der Waals surface area contributed by atoms with Gasteiger partial charge in [-0.2, -0.15) is 0 Å². The van der Waals surface area contributed by atoms with Crippen LogP contribution in [0.3, 0.4) is 0 Å². The van der Waals surface area contributed by atoms with Crippen LogP contribution in [-0.2, 0) is 16.1 Å². The van der Waals surface area contributed by atoms with Crippen molar-refractivity contribution in [2.45, 2.75) is 31.8 Å². The fraction of sp³-hybridized carbons (Fsp3) is 0.440. The van der Waals surface area contributed by atoms with Crippen LogP contribution in [-0.4, -0.2) is 61.0 Å². The molecule has 2 amide bonds. The van der Waals surface area contributed by atoms with E-state index in [1.54, 1.807) is 18.2 Å². The molecule has 0 aliphatic carbocycles. The molecular weight excluding hydrogens is 409 g/mol. The molecule has 1 atom stereocenters. The Kier molecular flexibility index (Phi) is 7.50. The largest absolute Gasteiger partial charge is 0.379 e. The fourth-order valence-corrected chi connectivity index (χ4v) is 4.36. The van der Waals surface area contributed by atoms with Crippen molar-refractivity contribution in [3.05, 3.63) is 71.0 Å². The van der Waals surface area contributed by atoms with E-state index in [0.717, 1.165) is 43.6 Å². The zero-order valence-corrected chi connectivity index (χ0v) is 18.3. The van der Waals surface area contributed by atoms with Gasteiger partial charge >= 0.3 is 0 Å². The Labute approximate surface area is 188 Å². The van der Waals surface area contributed by atoms with Gasteiger partial charge in [-0.1, -0.05) is 24.3 Å². The number of hydrogen-bond donors (Lipinski definition) is 1. The normalized spacial score (nSPS) is 18.4. The van der Waals surface area contributed by atoms with Crippen molar-refractivity contribution in [2.24, 2.45) is 0 Å². The summed E-state index contributed by atoms with van der Waals surface area (Å²) in [4.78, 5) is 28.9. The van der Waals surface area contributed by atoms with Gasteiger partial charge in [0, 0.05) is 44.7 Å². The highest BCUT2D eigenvalue weighted by Gasteiger charge is 2.24. The summed E-state index contributed by atoms with van der Waals surface area (Å²) >= 11 is 0. The molecule has 2 aliphatic heterocycles. The van der Waals surface area contributed by atoms with Crippen molar-refractivity contribution in [3.8, 4) is 0 Å². The standard InChI is InChI=1S/C25H30FN3O3/c26-22-5-3-4-21(16-22)23(28-12-14-32-15-13-28)17-27-25(31)20-9-7-19(8-10-20)18-29-11-2-1-6-24(29)30/h3-5,7-10,16,23H,1-2,6,11-15,17-18H2,(H,27,31). The molecule has 2 aromatic rings. The molecule has 0 bridgehead atoms. The highest BCUT2D eigenvalue weighted by Crippen LogP contribution is 2.22. The van der Waals surface area contributed by atoms with E-state index in [-0.39, 0.29) is 23.7 Å². The molecular formula is C25H30FN3O3. The van der Waals surface area contributed by atoms with Crippen LogP contribution in [0.25, 0.3) is 0 Å². The number of carbonyl (C=O) groups is 2. The molecule has 2 saturated heterocycles. The number of morpholine rings is 1. The van der Waals surface area contributed by atoms with Gasteiger partial charge in [-0.3, -0.25) is 14.5 Å². The molecule has 7 heteroatoms. The fourth-order valence-electron chi connectivity index (χ4n) is 4.36. The lowest BCUT2D eigenvalue weighted by atomic mass is 10.0. The Hall–Kier alpha value is -2.77. The van der Waals surface area contributed by atoms with Gasteiger partial charge < -0.3 is 15.0 Å². The van der Waals surface area contributed by atoms with Gasteiger partial charge in [0.2, 0.25) is 5.91 Å². The van der Waals surface area contributed by atoms with Crippen molar-refractivity contribution in [1.29, 1.82) is 0 Å². The van der Waals surface area contributed by atoms with Gasteiger partial charge in [0.05, 0.1) is 19.3 Å². The number of likely N-dealkylation sites (tertiary alicyclic amines) is 1. The molecule has 6 nitrogen and oxygen atoms in total. The number of rotatable bonds is 7. The second-order valence-electron chi connectivity index (χ2n) is 8.40. The molecule has 2 heterocycles. The molecule has 0 spiro atoms. The van der Waals surface area contributed by atoms with E-state index in [1.165, 1.54) is 12.1 Å². The highest BCUT2D eigenvalue weighted by molar-refractivity contribution is 5.94. The third-order valence-electron chi connectivity index (χ3n) is 6.19. The first-order chi connectivity index (χ1) is 15.6. The smallest absolute Gasteiger partial charge is 0.251 e. The van der Waals surface area contributed by atoms with E-state index < -0.39 is 0 Å². The lowest BCUT2D eigenvalue weighted by Crippen LogP contribution is -2.43. The van der Waals surface area contributed by atoms with E-state index >= 15 is 0 Å². The van der Waals surface area contributed by atoms with Crippen LogP contribution in [0, 0.1) is 5.82 Å². The van der Waals surface area contributed by atoms with Gasteiger partial charge in [0.1, 0.15) is 5.82 Å². The van der Waals surface area contributed by atoms with Gasteiger partial charge in [0.25, 0.3) is 5.91 Å². The molecule has 2 aliphatic rings. The summed E-state index contributed by atoms with van der Waals surface area (Å²) in [5.74, 6) is -0.250. The van der Waals surface area contributed by atoms with Crippen LogP contribution in [0.1, 0.15) is 46.8 Å². The summed E-state index contributed by atoms with van der Waals surface area (Å²) in [7, 11) is 0. The first-order valence-electron chi connectivity index (χ1n) is 11.3. The molecule has 1 N–H and O–H groups in total. The third-order valence-corrected chi connectivity index (χ3v) is 6.19. The summed E-state index contributed by atoms with van der Waals surface area (Å²) in [5, 5.41) is 3.01. The molecule has 170 valence electrons. The van der Waals surface area contributed by atoms with Gasteiger partial charge in [-0.15, -0.1) is 0 Å². The van der Waals surface area contributed by atoms with Gasteiger partial charge in [-0.05, 0) is 48.2 Å². The molecule has 0 saturated carbocycles. The predicted octanol–water partition coefficient (Wildman–Crippen LogP) is 3.14. The minimum atomic E-state index is -0.283. The Morgan fingerprint density at radius 2 is 1.84 bits per heavy atom. The van der Waals surface area contributed by atoms with Gasteiger partial charge in [-0.25, -0.2) is 4.39 Å². The van der Waals surface area contributed by atoms with Crippen molar-refractivity contribution in [3.63, 3.8) is 0 Å². The topological polar surface area (TPSA) is 61.9 Å². The molecule has 1 unspecified atom stereocenters. The number of nitrogens with one attached hydrogen (secondary N) is 1. The number of ether oxygens (including phenoxy) is 1. The lowest BCUT2D eigenvalue weighted by Gasteiger charge is -2.35. The minimum Gasteiger partial charge on any atom is -0.379 e. The number of hydrogen-bond acceptors (Lipinski definition) is 4. The number of benzene rings is 2. The van der Waals surface area contributed by atoms with E-state index in [9.17, 15) is 14.0 Å². The number of carbonyl (C=O) groups excluding carboxylic acids is 2. The molecule has 2 fully saturated rings. The maximum absolute atomic E-state index is 13.8. The van der Waals surface area contributed by atoms with E-state index in [1.807, 2.05) is 23.1 Å². The van der Waals surface area contributed by atoms with E-state index in [4.69, 9.17) is 4.74 Å². The average Bonchev–Trinajstić information content (AvgIpc) is 2.82. The molecule has 2 aromatic carbocycles. The molecule has 0 radical (unpaired) electrons. The highest BCUT2D eigenvalue weighted by atomic mass is 19.1. The number of halogens is 1. The molecule has 0 aromatic heterocycles. The molecule has 4 rings (SSSR count). The second-order valence-corrected chi connectivity index (χ2v) is 8.40. The third kappa shape index (κ3) is 5.72. The SMILES string of the molecule is O=C(NCC(c1cccc(F)c1)N1CCOCC1)c1ccc(CN2CCCCC2=O)cc1. The van der Waals surface area contributed by atoms with Crippen LogP contribution in [0.2, 0.25) is 0 Å². The zero-order chi connectivity index (χ0) is 22.3. The number of piperidine rings is 1. The summed E-state index contributed by atoms with van der Waals surface area (Å²) < 4.78 is 19.3. The van der Waals surface area contributed by atoms with Crippen LogP contribution >= 0.6 is 0 Å². The molecule has 32 heavy (non-hydrogen) atoms. The summed E-state index contributed by atoms with van der Waals surface area (Å²) in [6.07, 6.45) is 2.63. The summed E-state index contributed by atoms with van der Waals surface area (Å²) in [6.45, 7) is 4.49. The average molecular weight is 440 g/mol. The van der Waals surface area contributed by atoms with Crippen LogP contribution < -0.4 is 5.32 Å². The van der Waals surface area contributed by atoms with Gasteiger partial charge in [0.15, 0.2) is 0 Å². The number of amides is 2. The Balaban J connectivity index is 1.38. The monoisotopic (exact) mass is 439 g/mol. The second kappa shape index (κ2) is 10.7. The quantitative estimate of drug-likeness (QED) is 0.720. The number of nitrogens with zero attached hydrogens (tertiary/aromatic N) is 2. The van der Waals surface area contributed by atoms with Crippen LogP contribution in [0.4, 0.5) is 4.39 Å². The summed E-state index contributed by atoms with van der Waals surface area (Å²) in [5.41, 5.74) is 2.43. The maximum Gasteiger partial charge on any atom is 0.251 e. The Bertz CT molecular complexity index is 928. The van der Waals surface area contributed by atoms with Crippen molar-refractivity contribution in [1.82, 2.24) is 15.1 Å². The van der Waals surface area contributed by atoms with Crippen molar-refractivity contribution >= 4 is 11.8 Å². The first-order valence-corrected chi connectivity index (χ1v) is 11.3. The maximum atomic E-state index is 13.8. The Morgan fingerprint density at radius 1 is 1.06 bits per heavy atom. The summed E-state index contributed by atoms with van der Waals surface area (Å²) in [6, 6.07) is 13.8. The minimum absolute atomic E-state index is 0.122. The predicted molar refractivity (Wildman–Crippen MR) is 120 cm³/mol. The van der Waals surface area contributed by atoms with Crippen LogP contribution in [0.5, 0.6) is 0 Å². The Morgan fingerprint density at radius 3 is 2.56 bits per heavy atom. The van der Waals surface area contributed by atoms with Crippen molar-refractivity contribution in [2.75, 3.05) is 39.4 Å². The zero-order valence-electron chi connectivity index (χ0n) is 18.3. The lowest BCUT2D eigenvalue weighted by molar-refractivity contribution is -0.133. The van der Waals surface area contributed by atoms with E-state index in [0.29, 0.717) is 38.3 Å². The van der Waals surface area contributed by atoms with Crippen LogP contribution in [0.15, 0.2) is 48.5 Å².